The average Bonchev–Trinajstić information content (AvgIpc) is 2.77. The lowest BCUT2D eigenvalue weighted by Crippen LogP contribution is -2.58. The number of imide groups is 2. The molecule has 1 aliphatic heterocycles. The van der Waals surface area contributed by atoms with Crippen LogP contribution in [0.25, 0.3) is 6.08 Å². The Labute approximate surface area is 189 Å². The molecule has 2 aromatic carbocycles. The monoisotopic (exact) mass is 482 g/mol. The lowest BCUT2D eigenvalue weighted by molar-refractivity contribution is -0.132. The molecule has 7 heteroatoms. The number of barbiturate groups is 1. The second-order valence-electron chi connectivity index (χ2n) is 7.74. The molecule has 2 aromatic rings. The van der Waals surface area contributed by atoms with Crippen molar-refractivity contribution in [3.05, 3.63) is 69.7 Å². The molecule has 0 radical (unpaired) electrons. The first-order valence-corrected chi connectivity index (χ1v) is 11.2. The molecule has 0 spiro atoms. The van der Waals surface area contributed by atoms with Gasteiger partial charge in [0, 0.05) is 16.1 Å². The van der Waals surface area contributed by atoms with Crippen molar-refractivity contribution in [1.82, 2.24) is 10.2 Å². The number of benzene rings is 2. The van der Waals surface area contributed by atoms with Crippen LogP contribution in [0.5, 0.6) is 5.75 Å². The van der Waals surface area contributed by atoms with Gasteiger partial charge < -0.3 is 4.74 Å². The van der Waals surface area contributed by atoms with Crippen molar-refractivity contribution < 1.29 is 19.1 Å². The second-order valence-corrected chi connectivity index (χ2v) is 8.65. The Morgan fingerprint density at radius 3 is 2.45 bits per heavy atom. The summed E-state index contributed by atoms with van der Waals surface area (Å²) in [5.41, 5.74) is 1.55. The van der Waals surface area contributed by atoms with Gasteiger partial charge in [0.05, 0.1) is 0 Å². The van der Waals surface area contributed by atoms with Crippen molar-refractivity contribution >= 4 is 39.9 Å². The topological polar surface area (TPSA) is 75.7 Å². The van der Waals surface area contributed by atoms with E-state index in [0.717, 1.165) is 42.1 Å². The summed E-state index contributed by atoms with van der Waals surface area (Å²) in [6.45, 7) is 0.348. The highest BCUT2D eigenvalue weighted by molar-refractivity contribution is 9.10. The Morgan fingerprint density at radius 1 is 1.00 bits per heavy atom. The minimum Gasteiger partial charge on any atom is -0.488 e. The van der Waals surface area contributed by atoms with Crippen molar-refractivity contribution in [2.24, 2.45) is 0 Å². The van der Waals surface area contributed by atoms with E-state index in [9.17, 15) is 14.4 Å². The standard InChI is InChI=1S/C24H23BrN2O4/c25-18-12-10-16(11-13-18)15-31-21-9-5-4-6-17(21)14-20-22(28)26-24(30)27(23(20)29)19-7-2-1-3-8-19/h4-6,9-14,19H,1-3,7-8,15H2,(H,26,28,30). The lowest BCUT2D eigenvalue weighted by Gasteiger charge is -2.35. The fourth-order valence-electron chi connectivity index (χ4n) is 3.97. The quantitative estimate of drug-likeness (QED) is 0.489. The molecular formula is C24H23BrN2O4. The van der Waals surface area contributed by atoms with E-state index in [-0.39, 0.29) is 11.6 Å². The molecule has 160 valence electrons. The van der Waals surface area contributed by atoms with E-state index < -0.39 is 17.8 Å². The van der Waals surface area contributed by atoms with Crippen LogP contribution in [0.3, 0.4) is 0 Å². The van der Waals surface area contributed by atoms with Gasteiger partial charge in [-0.3, -0.25) is 19.8 Å². The Hall–Kier alpha value is -2.93. The van der Waals surface area contributed by atoms with E-state index in [1.54, 1.807) is 12.1 Å². The molecule has 2 aliphatic rings. The summed E-state index contributed by atoms with van der Waals surface area (Å²) in [6, 6.07) is 14.2. The first-order valence-electron chi connectivity index (χ1n) is 10.4. The van der Waals surface area contributed by atoms with Crippen molar-refractivity contribution in [3.8, 4) is 5.75 Å². The van der Waals surface area contributed by atoms with Gasteiger partial charge in [-0.15, -0.1) is 0 Å². The van der Waals surface area contributed by atoms with Gasteiger partial charge in [0.1, 0.15) is 17.9 Å². The maximum absolute atomic E-state index is 13.1. The molecule has 0 unspecified atom stereocenters. The molecule has 4 amide bonds. The van der Waals surface area contributed by atoms with Gasteiger partial charge in [0.25, 0.3) is 11.8 Å². The van der Waals surface area contributed by atoms with Gasteiger partial charge in [-0.25, -0.2) is 4.79 Å². The van der Waals surface area contributed by atoms with Crippen LogP contribution in [0.1, 0.15) is 43.2 Å². The molecule has 1 heterocycles. The number of hydrogen-bond acceptors (Lipinski definition) is 4. The van der Waals surface area contributed by atoms with Gasteiger partial charge in [-0.1, -0.05) is 65.5 Å². The highest BCUT2D eigenvalue weighted by atomic mass is 79.9. The fraction of sp³-hybridized carbons (Fsp3) is 0.292. The Bertz CT molecular complexity index is 1030. The van der Waals surface area contributed by atoms with E-state index in [0.29, 0.717) is 17.9 Å². The number of amides is 4. The van der Waals surface area contributed by atoms with E-state index >= 15 is 0 Å². The molecule has 1 aliphatic carbocycles. The van der Waals surface area contributed by atoms with Crippen LogP contribution < -0.4 is 10.1 Å². The van der Waals surface area contributed by atoms with Gasteiger partial charge in [-0.2, -0.15) is 0 Å². The molecule has 0 aromatic heterocycles. The summed E-state index contributed by atoms with van der Waals surface area (Å²) in [7, 11) is 0. The zero-order valence-electron chi connectivity index (χ0n) is 17.0. The van der Waals surface area contributed by atoms with Gasteiger partial charge in [-0.05, 0) is 42.7 Å². The van der Waals surface area contributed by atoms with Crippen LogP contribution >= 0.6 is 15.9 Å². The highest BCUT2D eigenvalue weighted by Gasteiger charge is 2.40. The Balaban J connectivity index is 1.57. The minimum absolute atomic E-state index is 0.0511. The van der Waals surface area contributed by atoms with Crippen LogP contribution in [-0.2, 0) is 16.2 Å². The summed E-state index contributed by atoms with van der Waals surface area (Å²) in [6.07, 6.45) is 6.10. The van der Waals surface area contributed by atoms with Gasteiger partial charge in [0.15, 0.2) is 0 Å². The SMILES string of the molecule is O=C1NC(=O)N(C2CCCCC2)C(=O)C1=Cc1ccccc1OCc1ccc(Br)cc1. The van der Waals surface area contributed by atoms with Crippen LogP contribution in [0, 0.1) is 0 Å². The third kappa shape index (κ3) is 4.88. The number of hydrogen-bond donors (Lipinski definition) is 1. The summed E-state index contributed by atoms with van der Waals surface area (Å²) >= 11 is 3.41. The highest BCUT2D eigenvalue weighted by Crippen LogP contribution is 2.28. The summed E-state index contributed by atoms with van der Waals surface area (Å²) < 4.78 is 6.94. The molecule has 0 atom stereocenters. The van der Waals surface area contributed by atoms with Crippen molar-refractivity contribution in [2.45, 2.75) is 44.8 Å². The number of carbonyl (C=O) groups is 3. The van der Waals surface area contributed by atoms with Crippen molar-refractivity contribution in [1.29, 1.82) is 0 Å². The van der Waals surface area contributed by atoms with Crippen molar-refractivity contribution in [3.63, 3.8) is 0 Å². The molecule has 0 bridgehead atoms. The minimum atomic E-state index is -0.676. The number of rotatable bonds is 5. The number of halogens is 1. The van der Waals surface area contributed by atoms with Crippen molar-refractivity contribution in [2.75, 3.05) is 0 Å². The molecule has 1 saturated heterocycles. The summed E-state index contributed by atoms with van der Waals surface area (Å²) in [4.78, 5) is 39.2. The number of nitrogens with one attached hydrogen (secondary N) is 1. The van der Waals surface area contributed by atoms with E-state index in [1.165, 1.54) is 11.0 Å². The normalized spacial score (nSPS) is 18.9. The second kappa shape index (κ2) is 9.47. The zero-order chi connectivity index (χ0) is 21.8. The molecule has 6 nitrogen and oxygen atoms in total. The van der Waals surface area contributed by atoms with E-state index in [1.807, 2.05) is 36.4 Å². The number of carbonyl (C=O) groups excluding carboxylic acids is 3. The Morgan fingerprint density at radius 2 is 1.71 bits per heavy atom. The van der Waals surface area contributed by atoms with Gasteiger partial charge >= 0.3 is 6.03 Å². The molecule has 1 saturated carbocycles. The number of para-hydroxylation sites is 1. The predicted molar refractivity (Wildman–Crippen MR) is 120 cm³/mol. The molecule has 4 rings (SSSR count). The maximum Gasteiger partial charge on any atom is 0.331 e. The smallest absolute Gasteiger partial charge is 0.331 e. The van der Waals surface area contributed by atoms with E-state index in [4.69, 9.17) is 4.74 Å². The maximum atomic E-state index is 13.1. The molecule has 2 fully saturated rings. The fourth-order valence-corrected chi connectivity index (χ4v) is 4.23. The van der Waals surface area contributed by atoms with Gasteiger partial charge in [0.2, 0.25) is 0 Å². The summed E-state index contributed by atoms with van der Waals surface area (Å²) in [5, 5.41) is 2.32. The molecular weight excluding hydrogens is 460 g/mol. The average molecular weight is 483 g/mol. The zero-order valence-corrected chi connectivity index (χ0v) is 18.6. The molecule has 31 heavy (non-hydrogen) atoms. The van der Waals surface area contributed by atoms with E-state index in [2.05, 4.69) is 21.2 Å². The largest absolute Gasteiger partial charge is 0.488 e. The Kier molecular flexibility index (Phi) is 6.51. The molecule has 1 N–H and O–H groups in total. The first kappa shape index (κ1) is 21.3. The third-order valence-corrected chi connectivity index (χ3v) is 6.13. The summed E-state index contributed by atoms with van der Waals surface area (Å²) in [5.74, 6) is -0.659. The van der Waals surface area contributed by atoms with Crippen LogP contribution in [0.4, 0.5) is 4.79 Å². The van der Waals surface area contributed by atoms with Crippen LogP contribution in [-0.4, -0.2) is 28.8 Å². The lowest BCUT2D eigenvalue weighted by atomic mass is 9.93. The number of urea groups is 1. The third-order valence-electron chi connectivity index (χ3n) is 5.60. The number of nitrogens with zero attached hydrogens (tertiary/aromatic N) is 1. The van der Waals surface area contributed by atoms with Crippen LogP contribution in [0.15, 0.2) is 58.6 Å². The van der Waals surface area contributed by atoms with Crippen LogP contribution in [0.2, 0.25) is 0 Å². The predicted octanol–water partition coefficient (Wildman–Crippen LogP) is 4.82. The first-order chi connectivity index (χ1) is 15.0. The number of ether oxygens (including phenoxy) is 1.